The Morgan fingerprint density at radius 3 is 2.55 bits per heavy atom. The average Bonchev–Trinajstić information content (AvgIpc) is 3.48. The van der Waals surface area contributed by atoms with Crippen molar-refractivity contribution in [1.82, 2.24) is 9.97 Å². The molecule has 3 aromatic heterocycles. The van der Waals surface area contributed by atoms with Crippen molar-refractivity contribution in [3.63, 3.8) is 0 Å². The quantitative estimate of drug-likeness (QED) is 0.276. The fraction of sp³-hybridized carbons (Fsp3) is 0.0476. The summed E-state index contributed by atoms with van der Waals surface area (Å²) in [6, 6.07) is 7.56. The predicted molar refractivity (Wildman–Crippen MR) is 113 cm³/mol. The van der Waals surface area contributed by atoms with Gasteiger partial charge in [-0.2, -0.15) is 0 Å². The number of pyridine rings is 1. The summed E-state index contributed by atoms with van der Waals surface area (Å²) in [5.41, 5.74) is 0.415. The number of ketones is 1. The molecular formula is C21H11F2N3O3S2. The van der Waals surface area contributed by atoms with Gasteiger partial charge in [0.15, 0.2) is 16.8 Å². The summed E-state index contributed by atoms with van der Waals surface area (Å²) in [5.74, 6) is -4.17. The molecule has 1 atom stereocenters. The zero-order valence-electron chi connectivity index (χ0n) is 15.5. The van der Waals surface area contributed by atoms with E-state index in [9.17, 15) is 23.5 Å². The maximum Gasteiger partial charge on any atom is 0.301 e. The smallest absolute Gasteiger partial charge is 0.301 e. The van der Waals surface area contributed by atoms with E-state index in [1.807, 2.05) is 0 Å². The number of halogens is 2. The summed E-state index contributed by atoms with van der Waals surface area (Å²) in [5, 5.41) is 12.8. The van der Waals surface area contributed by atoms with Crippen molar-refractivity contribution in [1.29, 1.82) is 0 Å². The molecule has 0 bridgehead atoms. The van der Waals surface area contributed by atoms with Gasteiger partial charge in [-0.1, -0.05) is 17.4 Å². The predicted octanol–water partition coefficient (Wildman–Crippen LogP) is 4.66. The first-order chi connectivity index (χ1) is 15.0. The molecule has 4 aromatic rings. The van der Waals surface area contributed by atoms with Crippen molar-refractivity contribution in [3.05, 3.63) is 81.8 Å². The van der Waals surface area contributed by atoms with Crippen LogP contribution in [0.1, 0.15) is 16.5 Å². The first-order valence-electron chi connectivity index (χ1n) is 8.96. The standard InChI is InChI=1S/C21H11F2N3O3S2/c22-11-8-13-15(9-12(11)23)31-21(25-13)26-17(14-2-1-7-30-14)16(19(28)20(26)29)18(27)10-3-5-24-6-4-10/h1-9,17,27H/b18-16+. The average molecular weight is 455 g/mol. The number of aromatic nitrogens is 2. The highest BCUT2D eigenvalue weighted by Crippen LogP contribution is 2.45. The molecule has 1 aliphatic rings. The Morgan fingerprint density at radius 1 is 1.10 bits per heavy atom. The van der Waals surface area contributed by atoms with Crippen LogP contribution in [-0.2, 0) is 9.59 Å². The summed E-state index contributed by atoms with van der Waals surface area (Å²) in [6.45, 7) is 0. The number of benzene rings is 1. The molecule has 1 saturated heterocycles. The number of aliphatic hydroxyl groups is 1. The SMILES string of the molecule is O=C1C(=O)N(c2nc3cc(F)c(F)cc3s2)C(c2cccs2)/C1=C(\O)c1ccncc1. The van der Waals surface area contributed by atoms with E-state index in [0.29, 0.717) is 15.1 Å². The minimum absolute atomic E-state index is 0.0877. The Balaban J connectivity index is 1.72. The van der Waals surface area contributed by atoms with Gasteiger partial charge in [0.05, 0.1) is 15.8 Å². The molecule has 0 radical (unpaired) electrons. The summed E-state index contributed by atoms with van der Waals surface area (Å²) >= 11 is 2.26. The van der Waals surface area contributed by atoms with Crippen LogP contribution in [0.5, 0.6) is 0 Å². The third kappa shape index (κ3) is 3.11. The van der Waals surface area contributed by atoms with Gasteiger partial charge in [0, 0.05) is 28.9 Å². The van der Waals surface area contributed by atoms with Gasteiger partial charge < -0.3 is 5.11 Å². The van der Waals surface area contributed by atoms with E-state index in [2.05, 4.69) is 9.97 Å². The van der Waals surface area contributed by atoms with E-state index in [1.54, 1.807) is 17.5 Å². The molecule has 1 aliphatic heterocycles. The summed E-state index contributed by atoms with van der Waals surface area (Å²) in [4.78, 5) is 35.9. The van der Waals surface area contributed by atoms with E-state index in [-0.39, 0.29) is 22.0 Å². The lowest BCUT2D eigenvalue weighted by Gasteiger charge is -2.21. The lowest BCUT2D eigenvalue weighted by molar-refractivity contribution is -0.132. The molecule has 1 N–H and O–H groups in total. The summed E-state index contributed by atoms with van der Waals surface area (Å²) < 4.78 is 27.6. The third-order valence-corrected chi connectivity index (χ3v) is 6.78. The molecule has 1 amide bonds. The van der Waals surface area contributed by atoms with Gasteiger partial charge in [0.2, 0.25) is 0 Å². The molecule has 6 nitrogen and oxygen atoms in total. The number of hydrogen-bond donors (Lipinski definition) is 1. The number of carbonyl (C=O) groups is 2. The summed E-state index contributed by atoms with van der Waals surface area (Å²) in [6.07, 6.45) is 2.92. The largest absolute Gasteiger partial charge is 0.507 e. The monoisotopic (exact) mass is 455 g/mol. The molecule has 0 saturated carbocycles. The Morgan fingerprint density at radius 2 is 1.84 bits per heavy atom. The highest BCUT2D eigenvalue weighted by Gasteiger charge is 2.48. The number of hydrogen-bond acceptors (Lipinski definition) is 7. The number of fused-ring (bicyclic) bond motifs is 1. The molecule has 4 heterocycles. The van der Waals surface area contributed by atoms with Crippen LogP contribution in [-0.4, -0.2) is 26.8 Å². The fourth-order valence-corrected chi connectivity index (χ4v) is 5.25. The van der Waals surface area contributed by atoms with Crippen molar-refractivity contribution in [2.45, 2.75) is 6.04 Å². The number of Topliss-reactive ketones (excluding diaryl/α,β-unsaturated/α-hetero) is 1. The van der Waals surface area contributed by atoms with E-state index < -0.39 is 29.4 Å². The summed E-state index contributed by atoms with van der Waals surface area (Å²) in [7, 11) is 0. The number of rotatable bonds is 3. The molecular weight excluding hydrogens is 444 g/mol. The minimum Gasteiger partial charge on any atom is -0.507 e. The van der Waals surface area contributed by atoms with Crippen LogP contribution in [0.3, 0.4) is 0 Å². The molecule has 31 heavy (non-hydrogen) atoms. The first kappa shape index (κ1) is 19.5. The number of amides is 1. The Hall–Kier alpha value is -3.50. The molecule has 1 unspecified atom stereocenters. The van der Waals surface area contributed by atoms with Crippen LogP contribution >= 0.6 is 22.7 Å². The Bertz CT molecular complexity index is 1330. The lowest BCUT2D eigenvalue weighted by atomic mass is 10.0. The van der Waals surface area contributed by atoms with Gasteiger partial charge in [-0.3, -0.25) is 19.5 Å². The Labute approximate surface area is 181 Å². The van der Waals surface area contributed by atoms with Crippen molar-refractivity contribution in [2.75, 3.05) is 4.90 Å². The van der Waals surface area contributed by atoms with E-state index in [1.165, 1.54) is 40.8 Å². The minimum atomic E-state index is -1.06. The van der Waals surface area contributed by atoms with Crippen LogP contribution in [0.2, 0.25) is 0 Å². The first-order valence-corrected chi connectivity index (χ1v) is 10.7. The van der Waals surface area contributed by atoms with Gasteiger partial charge in [-0.15, -0.1) is 11.3 Å². The second-order valence-corrected chi connectivity index (χ2v) is 8.64. The van der Waals surface area contributed by atoms with Crippen LogP contribution in [0, 0.1) is 11.6 Å². The molecule has 0 spiro atoms. The van der Waals surface area contributed by atoms with Crippen LogP contribution in [0.25, 0.3) is 16.0 Å². The number of thiazole rings is 1. The van der Waals surface area contributed by atoms with Gasteiger partial charge in [0.1, 0.15) is 11.8 Å². The maximum absolute atomic E-state index is 13.7. The third-order valence-electron chi connectivity index (χ3n) is 4.84. The van der Waals surface area contributed by atoms with Crippen LogP contribution in [0.4, 0.5) is 13.9 Å². The number of aliphatic hydroxyl groups excluding tert-OH is 1. The number of carbonyl (C=O) groups excluding carboxylic acids is 2. The van der Waals surface area contributed by atoms with Gasteiger partial charge in [0.25, 0.3) is 5.78 Å². The van der Waals surface area contributed by atoms with Gasteiger partial charge in [-0.25, -0.2) is 13.8 Å². The van der Waals surface area contributed by atoms with Crippen molar-refractivity contribution >= 4 is 55.5 Å². The lowest BCUT2D eigenvalue weighted by Crippen LogP contribution is -2.28. The highest BCUT2D eigenvalue weighted by atomic mass is 32.1. The molecule has 0 aliphatic carbocycles. The van der Waals surface area contributed by atoms with Crippen LogP contribution in [0.15, 0.2) is 59.7 Å². The number of nitrogens with zero attached hydrogens (tertiary/aromatic N) is 3. The molecule has 10 heteroatoms. The zero-order chi connectivity index (χ0) is 21.7. The van der Waals surface area contributed by atoms with Crippen molar-refractivity contribution in [3.8, 4) is 0 Å². The second-order valence-electron chi connectivity index (χ2n) is 6.65. The number of anilines is 1. The Kier molecular flexibility index (Phi) is 4.60. The van der Waals surface area contributed by atoms with Gasteiger partial charge in [-0.05, 0) is 29.6 Å². The second kappa shape index (κ2) is 7.33. The van der Waals surface area contributed by atoms with E-state index in [4.69, 9.17) is 0 Å². The van der Waals surface area contributed by atoms with Crippen molar-refractivity contribution < 1.29 is 23.5 Å². The topological polar surface area (TPSA) is 83.4 Å². The highest BCUT2D eigenvalue weighted by molar-refractivity contribution is 7.22. The van der Waals surface area contributed by atoms with E-state index in [0.717, 1.165) is 23.5 Å². The van der Waals surface area contributed by atoms with Crippen LogP contribution < -0.4 is 4.90 Å². The molecule has 154 valence electrons. The van der Waals surface area contributed by atoms with Crippen molar-refractivity contribution in [2.24, 2.45) is 0 Å². The zero-order valence-corrected chi connectivity index (χ0v) is 17.1. The molecule has 1 fully saturated rings. The normalized spacial score (nSPS) is 18.3. The van der Waals surface area contributed by atoms with E-state index >= 15 is 0 Å². The maximum atomic E-state index is 13.7. The van der Waals surface area contributed by atoms with Gasteiger partial charge >= 0.3 is 5.91 Å². The number of thiophene rings is 1. The molecule has 5 rings (SSSR count). The fourth-order valence-electron chi connectivity index (χ4n) is 3.43. The molecule has 1 aromatic carbocycles.